The lowest BCUT2D eigenvalue weighted by Gasteiger charge is -2.28. The first kappa shape index (κ1) is 16.9. The van der Waals surface area contributed by atoms with E-state index in [0.29, 0.717) is 24.0 Å². The van der Waals surface area contributed by atoms with Crippen molar-refractivity contribution in [3.63, 3.8) is 0 Å². The zero-order valence-electron chi connectivity index (χ0n) is 15.0. The van der Waals surface area contributed by atoms with Gasteiger partial charge in [-0.05, 0) is 67.3 Å². The maximum Gasteiger partial charge on any atom is 0.131 e. The van der Waals surface area contributed by atoms with Crippen molar-refractivity contribution in [3.8, 4) is 11.1 Å². The van der Waals surface area contributed by atoms with E-state index in [9.17, 15) is 4.39 Å². The summed E-state index contributed by atoms with van der Waals surface area (Å²) in [5.41, 5.74) is 11.8. The standard InChI is InChI=1S/C21H25FN4/c1-13-4-2-6-18(22)21(13)14-8-15-11-25-20(23)10-17(15)19(9-14)26-16-5-3-7-24-12-16/h2,4,6,8-10,16,24-26H,3,5,7,11-12,23H2,1H3. The van der Waals surface area contributed by atoms with E-state index in [1.165, 1.54) is 6.07 Å². The Hall–Kier alpha value is -2.53. The molecule has 5 N–H and O–H groups in total. The predicted octanol–water partition coefficient (Wildman–Crippen LogP) is 3.33. The second-order valence-corrected chi connectivity index (χ2v) is 7.17. The van der Waals surface area contributed by atoms with E-state index in [-0.39, 0.29) is 5.82 Å². The molecule has 1 atom stereocenters. The quantitative estimate of drug-likeness (QED) is 0.684. The highest BCUT2D eigenvalue weighted by molar-refractivity contribution is 5.80. The molecule has 2 aromatic rings. The van der Waals surface area contributed by atoms with Gasteiger partial charge in [-0.25, -0.2) is 4.39 Å². The molecule has 0 spiro atoms. The molecule has 2 aliphatic rings. The largest absolute Gasteiger partial charge is 0.386 e. The number of aryl methyl sites for hydroxylation is 1. The van der Waals surface area contributed by atoms with Gasteiger partial charge in [0.1, 0.15) is 5.82 Å². The van der Waals surface area contributed by atoms with Crippen LogP contribution in [0.5, 0.6) is 0 Å². The Morgan fingerprint density at radius 1 is 1.27 bits per heavy atom. The first-order valence-corrected chi connectivity index (χ1v) is 9.22. The molecule has 0 saturated carbocycles. The maximum absolute atomic E-state index is 14.5. The monoisotopic (exact) mass is 352 g/mol. The fraction of sp³-hybridized carbons (Fsp3) is 0.333. The van der Waals surface area contributed by atoms with Crippen LogP contribution < -0.4 is 21.7 Å². The smallest absolute Gasteiger partial charge is 0.131 e. The van der Waals surface area contributed by atoms with Crippen LogP contribution >= 0.6 is 0 Å². The van der Waals surface area contributed by atoms with Crippen LogP contribution in [-0.4, -0.2) is 19.1 Å². The van der Waals surface area contributed by atoms with Crippen LogP contribution in [0.3, 0.4) is 0 Å². The zero-order chi connectivity index (χ0) is 18.1. The molecule has 0 amide bonds. The molecule has 136 valence electrons. The van der Waals surface area contributed by atoms with E-state index in [2.05, 4.69) is 28.1 Å². The molecule has 26 heavy (non-hydrogen) atoms. The summed E-state index contributed by atoms with van der Waals surface area (Å²) in [5.74, 6) is 0.478. The molecule has 2 aromatic carbocycles. The Bertz CT molecular complexity index is 833. The fourth-order valence-electron chi connectivity index (χ4n) is 3.89. The summed E-state index contributed by atoms with van der Waals surface area (Å²) in [5, 5.41) is 10.3. The zero-order valence-corrected chi connectivity index (χ0v) is 15.0. The summed E-state index contributed by atoms with van der Waals surface area (Å²) in [4.78, 5) is 0. The van der Waals surface area contributed by atoms with Gasteiger partial charge in [0, 0.05) is 35.9 Å². The molecule has 2 aliphatic heterocycles. The van der Waals surface area contributed by atoms with Crippen LogP contribution in [0.4, 0.5) is 10.1 Å². The lowest BCUT2D eigenvalue weighted by atomic mass is 9.92. The number of nitrogens with two attached hydrogens (primary N) is 1. The third-order valence-electron chi connectivity index (χ3n) is 5.22. The molecule has 2 heterocycles. The van der Waals surface area contributed by atoms with E-state index in [1.807, 2.05) is 19.1 Å². The van der Waals surface area contributed by atoms with Crippen molar-refractivity contribution in [2.24, 2.45) is 5.73 Å². The Morgan fingerprint density at radius 3 is 2.92 bits per heavy atom. The van der Waals surface area contributed by atoms with E-state index >= 15 is 0 Å². The van der Waals surface area contributed by atoms with Crippen LogP contribution in [0.25, 0.3) is 17.2 Å². The molecular formula is C21H25FN4. The Morgan fingerprint density at radius 2 is 2.15 bits per heavy atom. The molecule has 1 unspecified atom stereocenters. The summed E-state index contributed by atoms with van der Waals surface area (Å²) in [7, 11) is 0. The first-order chi connectivity index (χ1) is 12.6. The predicted molar refractivity (Wildman–Crippen MR) is 105 cm³/mol. The van der Waals surface area contributed by atoms with Crippen LogP contribution in [0.1, 0.15) is 29.5 Å². The van der Waals surface area contributed by atoms with Gasteiger partial charge in [0.2, 0.25) is 0 Å². The summed E-state index contributed by atoms with van der Waals surface area (Å²) in [6, 6.07) is 9.73. The van der Waals surface area contributed by atoms with Gasteiger partial charge in [0.25, 0.3) is 0 Å². The second-order valence-electron chi connectivity index (χ2n) is 7.17. The number of hydrogen-bond donors (Lipinski definition) is 4. The average molecular weight is 352 g/mol. The molecule has 0 aliphatic carbocycles. The highest BCUT2D eigenvalue weighted by Crippen LogP contribution is 2.35. The minimum Gasteiger partial charge on any atom is -0.386 e. The van der Waals surface area contributed by atoms with E-state index in [4.69, 9.17) is 5.73 Å². The van der Waals surface area contributed by atoms with Crippen molar-refractivity contribution >= 4 is 11.8 Å². The summed E-state index contributed by atoms with van der Waals surface area (Å²) >= 11 is 0. The molecule has 1 fully saturated rings. The number of anilines is 1. The summed E-state index contributed by atoms with van der Waals surface area (Å²) in [6.07, 6.45) is 4.25. The molecule has 5 heteroatoms. The normalized spacial score (nSPS) is 19.3. The average Bonchev–Trinajstić information content (AvgIpc) is 2.63. The third kappa shape index (κ3) is 3.27. The van der Waals surface area contributed by atoms with Crippen LogP contribution in [0.2, 0.25) is 0 Å². The molecule has 0 bridgehead atoms. The molecule has 0 aromatic heterocycles. The van der Waals surface area contributed by atoms with Gasteiger partial charge in [-0.2, -0.15) is 0 Å². The van der Waals surface area contributed by atoms with E-state index < -0.39 is 0 Å². The highest BCUT2D eigenvalue weighted by atomic mass is 19.1. The summed E-state index contributed by atoms with van der Waals surface area (Å²) in [6.45, 7) is 4.61. The van der Waals surface area contributed by atoms with Crippen molar-refractivity contribution in [3.05, 3.63) is 58.7 Å². The lowest BCUT2D eigenvalue weighted by Crippen LogP contribution is -2.38. The third-order valence-corrected chi connectivity index (χ3v) is 5.22. The van der Waals surface area contributed by atoms with E-state index in [1.54, 1.807) is 6.07 Å². The topological polar surface area (TPSA) is 62.1 Å². The number of benzene rings is 2. The number of fused-ring (bicyclic) bond motifs is 1. The number of piperidine rings is 1. The minimum absolute atomic E-state index is 0.186. The van der Waals surface area contributed by atoms with Gasteiger partial charge >= 0.3 is 0 Å². The van der Waals surface area contributed by atoms with Gasteiger partial charge in [0.05, 0.1) is 5.82 Å². The Kier molecular flexibility index (Phi) is 4.55. The van der Waals surface area contributed by atoms with Crippen LogP contribution in [0.15, 0.2) is 36.2 Å². The Balaban J connectivity index is 1.81. The van der Waals surface area contributed by atoms with Crippen molar-refractivity contribution in [1.82, 2.24) is 10.6 Å². The number of nitrogens with one attached hydrogen (secondary N) is 3. The van der Waals surface area contributed by atoms with Gasteiger partial charge in [0.15, 0.2) is 0 Å². The molecule has 0 radical (unpaired) electrons. The molecule has 1 saturated heterocycles. The molecule has 4 rings (SSSR count). The number of hydrogen-bond acceptors (Lipinski definition) is 4. The van der Waals surface area contributed by atoms with Gasteiger partial charge < -0.3 is 21.7 Å². The van der Waals surface area contributed by atoms with Gasteiger partial charge in [-0.15, -0.1) is 0 Å². The van der Waals surface area contributed by atoms with Crippen LogP contribution in [0, 0.1) is 12.7 Å². The maximum atomic E-state index is 14.5. The van der Waals surface area contributed by atoms with Gasteiger partial charge in [-0.3, -0.25) is 0 Å². The Labute approximate surface area is 153 Å². The van der Waals surface area contributed by atoms with Crippen LogP contribution in [-0.2, 0) is 6.54 Å². The van der Waals surface area contributed by atoms with Crippen molar-refractivity contribution in [1.29, 1.82) is 0 Å². The number of rotatable bonds is 3. The minimum atomic E-state index is -0.186. The number of halogens is 1. The fourth-order valence-corrected chi connectivity index (χ4v) is 3.89. The summed E-state index contributed by atoms with van der Waals surface area (Å²) < 4.78 is 14.5. The highest BCUT2D eigenvalue weighted by Gasteiger charge is 2.20. The van der Waals surface area contributed by atoms with E-state index in [0.717, 1.165) is 53.9 Å². The first-order valence-electron chi connectivity index (χ1n) is 9.22. The SMILES string of the molecule is Cc1cccc(F)c1-c1cc2c(c(NC3CCCNC3)c1)C=C(N)NC2. The van der Waals surface area contributed by atoms with Crippen molar-refractivity contribution in [2.75, 3.05) is 18.4 Å². The van der Waals surface area contributed by atoms with Gasteiger partial charge in [-0.1, -0.05) is 12.1 Å². The molecular weight excluding hydrogens is 327 g/mol. The van der Waals surface area contributed by atoms with Crippen molar-refractivity contribution < 1.29 is 4.39 Å². The molecule has 4 nitrogen and oxygen atoms in total. The lowest BCUT2D eigenvalue weighted by molar-refractivity contribution is 0.480. The second kappa shape index (κ2) is 7.00. The van der Waals surface area contributed by atoms with Crippen molar-refractivity contribution in [2.45, 2.75) is 32.4 Å².